The topological polar surface area (TPSA) is 83.8 Å². The van der Waals surface area contributed by atoms with Crippen molar-refractivity contribution in [1.29, 1.82) is 0 Å². The summed E-state index contributed by atoms with van der Waals surface area (Å²) in [4.78, 5) is 22.9. The van der Waals surface area contributed by atoms with Crippen LogP contribution in [0.1, 0.15) is 136 Å². The first kappa shape index (κ1) is 31.4. The van der Waals surface area contributed by atoms with E-state index in [1.54, 1.807) is 6.07 Å². The van der Waals surface area contributed by atoms with Crippen molar-refractivity contribution < 1.29 is 24.5 Å². The molecule has 38 heavy (non-hydrogen) atoms. The van der Waals surface area contributed by atoms with Crippen LogP contribution in [0.5, 0.6) is 0 Å². The highest BCUT2D eigenvalue weighted by Gasteiger charge is 2.12. The molecule has 0 saturated carbocycles. The Balaban J connectivity index is 1.53. The van der Waals surface area contributed by atoms with E-state index in [2.05, 4.69) is 18.8 Å². The summed E-state index contributed by atoms with van der Waals surface area (Å²) in [5.74, 6) is 3.77. The zero-order valence-electron chi connectivity index (χ0n) is 23.2. The molecular weight excluding hydrogens is 476 g/mol. The normalized spacial score (nSPS) is 10.9. The highest BCUT2D eigenvalue weighted by Crippen LogP contribution is 2.23. The van der Waals surface area contributed by atoms with E-state index < -0.39 is 11.9 Å². The van der Waals surface area contributed by atoms with Gasteiger partial charge in [-0.05, 0) is 41.5 Å². The Morgan fingerprint density at radius 1 is 0.711 bits per heavy atom. The molecule has 0 fully saturated rings. The summed E-state index contributed by atoms with van der Waals surface area (Å²) >= 11 is 0. The number of benzene rings is 2. The van der Waals surface area contributed by atoms with Crippen LogP contribution in [-0.2, 0) is 4.74 Å². The molecule has 0 atom stereocenters. The van der Waals surface area contributed by atoms with Crippen molar-refractivity contribution in [2.75, 3.05) is 13.2 Å². The van der Waals surface area contributed by atoms with Crippen molar-refractivity contribution in [2.45, 2.75) is 110 Å². The third-order valence-electron chi connectivity index (χ3n) is 6.98. The van der Waals surface area contributed by atoms with Gasteiger partial charge in [-0.2, -0.15) is 0 Å². The zero-order chi connectivity index (χ0) is 27.4. The van der Waals surface area contributed by atoms with Crippen LogP contribution in [0.3, 0.4) is 0 Å². The Labute approximate surface area is 229 Å². The van der Waals surface area contributed by atoms with Crippen molar-refractivity contribution in [3.63, 3.8) is 0 Å². The number of hydrogen-bond acceptors (Lipinski definition) is 3. The number of aromatic carboxylic acids is 2. The first-order chi connectivity index (χ1) is 18.5. The van der Waals surface area contributed by atoms with Gasteiger partial charge in [0.2, 0.25) is 0 Å². The molecule has 0 saturated heterocycles. The van der Waals surface area contributed by atoms with E-state index in [1.165, 1.54) is 121 Å². The van der Waals surface area contributed by atoms with Crippen LogP contribution in [0.4, 0.5) is 0 Å². The summed E-state index contributed by atoms with van der Waals surface area (Å²) in [5.41, 5.74) is 0.752. The molecular formula is C33H46O5. The van der Waals surface area contributed by atoms with Crippen molar-refractivity contribution in [1.82, 2.24) is 0 Å². The van der Waals surface area contributed by atoms with Crippen LogP contribution in [0, 0.1) is 11.8 Å². The van der Waals surface area contributed by atoms with Gasteiger partial charge in [0.1, 0.15) is 6.61 Å². The van der Waals surface area contributed by atoms with Crippen LogP contribution in [-0.4, -0.2) is 35.4 Å². The molecule has 208 valence electrons. The second-order valence-corrected chi connectivity index (χ2v) is 10.2. The molecule has 5 nitrogen and oxygen atoms in total. The first-order valence-electron chi connectivity index (χ1n) is 14.6. The molecule has 0 heterocycles. The summed E-state index contributed by atoms with van der Waals surface area (Å²) in [6.07, 6.45) is 21.4. The number of fused-ring (bicyclic) bond motifs is 1. The predicted octanol–water partition coefficient (Wildman–Crippen LogP) is 8.87. The van der Waals surface area contributed by atoms with Gasteiger partial charge in [-0.25, -0.2) is 9.59 Å². The molecule has 0 aliphatic carbocycles. The second kappa shape index (κ2) is 19.3. The van der Waals surface area contributed by atoms with Gasteiger partial charge in [0.25, 0.3) is 0 Å². The van der Waals surface area contributed by atoms with Gasteiger partial charge in [-0.15, -0.1) is 0 Å². The SMILES string of the molecule is CCCCCCCCCCCCCCCCCCOCC#Cc1cc(C(=O)O)c2ccc(C(=O)O)cc2c1. The molecule has 0 spiro atoms. The maximum absolute atomic E-state index is 11.7. The first-order valence-corrected chi connectivity index (χ1v) is 14.6. The van der Waals surface area contributed by atoms with Gasteiger partial charge in [-0.3, -0.25) is 0 Å². The fourth-order valence-corrected chi connectivity index (χ4v) is 4.77. The van der Waals surface area contributed by atoms with Gasteiger partial charge in [0.05, 0.1) is 11.1 Å². The average molecular weight is 523 g/mol. The van der Waals surface area contributed by atoms with Crippen LogP contribution in [0.25, 0.3) is 10.8 Å². The van der Waals surface area contributed by atoms with E-state index in [4.69, 9.17) is 4.74 Å². The van der Waals surface area contributed by atoms with Gasteiger partial charge in [-0.1, -0.05) is 121 Å². The summed E-state index contributed by atoms with van der Waals surface area (Å²) < 4.78 is 5.62. The highest BCUT2D eigenvalue weighted by atomic mass is 16.5. The molecule has 0 aliphatic heterocycles. The van der Waals surface area contributed by atoms with E-state index in [0.717, 1.165) is 6.42 Å². The summed E-state index contributed by atoms with van der Waals surface area (Å²) in [6.45, 7) is 3.23. The minimum atomic E-state index is -1.07. The third kappa shape index (κ3) is 12.6. The highest BCUT2D eigenvalue weighted by molar-refractivity contribution is 6.06. The monoisotopic (exact) mass is 522 g/mol. The van der Waals surface area contributed by atoms with E-state index in [-0.39, 0.29) is 17.7 Å². The quantitative estimate of drug-likeness (QED) is 0.134. The maximum Gasteiger partial charge on any atom is 0.336 e. The Bertz CT molecular complexity index is 1050. The molecule has 2 aromatic carbocycles. The Hall–Kier alpha value is -2.84. The lowest BCUT2D eigenvalue weighted by molar-refractivity contribution is 0.0688. The molecule has 0 bridgehead atoms. The van der Waals surface area contributed by atoms with Gasteiger partial charge < -0.3 is 14.9 Å². The number of carboxylic acid groups (broad SMARTS) is 2. The van der Waals surface area contributed by atoms with Crippen LogP contribution < -0.4 is 0 Å². The molecule has 2 N–H and O–H groups in total. The zero-order valence-corrected chi connectivity index (χ0v) is 23.2. The number of hydrogen-bond donors (Lipinski definition) is 2. The van der Waals surface area contributed by atoms with Crippen molar-refractivity contribution in [2.24, 2.45) is 0 Å². The van der Waals surface area contributed by atoms with Crippen LogP contribution in [0.2, 0.25) is 0 Å². The summed E-state index contributed by atoms with van der Waals surface area (Å²) in [6, 6.07) is 7.66. The van der Waals surface area contributed by atoms with E-state index in [0.29, 0.717) is 22.9 Å². The minimum Gasteiger partial charge on any atom is -0.478 e. The van der Waals surface area contributed by atoms with Gasteiger partial charge in [0.15, 0.2) is 0 Å². The lowest BCUT2D eigenvalue weighted by atomic mass is 9.99. The Morgan fingerprint density at radius 2 is 1.26 bits per heavy atom. The molecule has 0 amide bonds. The Kier molecular flexibility index (Phi) is 15.9. The maximum atomic E-state index is 11.7. The number of carboxylic acids is 2. The Morgan fingerprint density at radius 3 is 1.79 bits per heavy atom. The molecule has 5 heteroatoms. The predicted molar refractivity (Wildman–Crippen MR) is 155 cm³/mol. The molecule has 0 radical (unpaired) electrons. The third-order valence-corrected chi connectivity index (χ3v) is 6.98. The lowest BCUT2D eigenvalue weighted by Crippen LogP contribution is -2.01. The number of ether oxygens (including phenoxy) is 1. The smallest absolute Gasteiger partial charge is 0.336 e. The van der Waals surface area contributed by atoms with E-state index >= 15 is 0 Å². The van der Waals surface area contributed by atoms with E-state index in [1.807, 2.05) is 0 Å². The van der Waals surface area contributed by atoms with Crippen molar-refractivity contribution >= 4 is 22.7 Å². The fourth-order valence-electron chi connectivity index (χ4n) is 4.77. The number of unbranched alkanes of at least 4 members (excludes halogenated alkanes) is 15. The second-order valence-electron chi connectivity index (χ2n) is 10.2. The van der Waals surface area contributed by atoms with Crippen LogP contribution in [0.15, 0.2) is 30.3 Å². The van der Waals surface area contributed by atoms with Gasteiger partial charge >= 0.3 is 11.9 Å². The van der Waals surface area contributed by atoms with Crippen LogP contribution >= 0.6 is 0 Å². The number of rotatable bonds is 20. The molecule has 2 rings (SSSR count). The largest absolute Gasteiger partial charge is 0.478 e. The summed E-state index contributed by atoms with van der Waals surface area (Å²) in [5, 5.41) is 19.8. The fraction of sp³-hybridized carbons (Fsp3) is 0.576. The lowest BCUT2D eigenvalue weighted by Gasteiger charge is -2.05. The summed E-state index contributed by atoms with van der Waals surface area (Å²) in [7, 11) is 0. The number of carbonyl (C=O) groups is 2. The van der Waals surface area contributed by atoms with E-state index in [9.17, 15) is 19.8 Å². The molecule has 0 unspecified atom stereocenters. The molecule has 2 aromatic rings. The molecule has 0 aromatic heterocycles. The minimum absolute atomic E-state index is 0.109. The average Bonchev–Trinajstić information content (AvgIpc) is 2.91. The van der Waals surface area contributed by atoms with Crippen molar-refractivity contribution in [3.05, 3.63) is 47.0 Å². The standard InChI is InChI=1S/C33H46O5/c1-2-3-4-5-6-7-8-9-10-11-12-13-14-15-16-17-22-38-23-18-19-27-24-29-26-28(32(34)35)20-21-30(29)31(25-27)33(36)37/h20-21,24-26H,2-17,22-23H2,1H3,(H,34,35)(H,36,37). The molecule has 0 aliphatic rings. The van der Waals surface area contributed by atoms with Crippen molar-refractivity contribution in [3.8, 4) is 11.8 Å². The van der Waals surface area contributed by atoms with Gasteiger partial charge in [0, 0.05) is 12.2 Å².